The van der Waals surface area contributed by atoms with Gasteiger partial charge in [0.15, 0.2) is 10.8 Å². The summed E-state index contributed by atoms with van der Waals surface area (Å²) in [5, 5.41) is 38.3. The van der Waals surface area contributed by atoms with Crippen molar-refractivity contribution >= 4 is 0 Å². The predicted octanol–water partition coefficient (Wildman–Crippen LogP) is 4.36. The van der Waals surface area contributed by atoms with Crippen LogP contribution in [0.1, 0.15) is 70.6 Å². The molecule has 0 N–H and O–H groups in total. The molecule has 2 fully saturated rings. The largest absolute Gasteiger partial charge is 0.196 e. The Morgan fingerprint density at radius 2 is 0.727 bits per heavy atom. The monoisotopic (exact) mass is 294 g/mol. The highest BCUT2D eigenvalue weighted by molar-refractivity contribution is 5.56. The molecule has 0 aromatic rings. The zero-order valence-corrected chi connectivity index (χ0v) is 13.1. The molecule has 0 unspecified atom stereocenters. The molecule has 0 atom stereocenters. The Balaban J connectivity index is 2.31. The first kappa shape index (κ1) is 16.3. The van der Waals surface area contributed by atoms with E-state index in [0.717, 1.165) is 38.5 Å². The van der Waals surface area contributed by atoms with E-state index in [1.54, 1.807) is 0 Å². The quantitative estimate of drug-likeness (QED) is 0.663. The standard InChI is InChI=1S/C18H22N4/c19-12-17(13-20)16(18(17,14-21)15-22)10-8-6-4-2-1-3-5-7-9-11-16/h1-11H2. The van der Waals surface area contributed by atoms with Gasteiger partial charge in [0, 0.05) is 5.41 Å². The Morgan fingerprint density at radius 3 is 1.00 bits per heavy atom. The highest BCUT2D eigenvalue weighted by Gasteiger charge is 2.90. The van der Waals surface area contributed by atoms with Crippen molar-refractivity contribution in [2.24, 2.45) is 16.2 Å². The zero-order valence-electron chi connectivity index (χ0n) is 13.1. The maximum atomic E-state index is 9.59. The van der Waals surface area contributed by atoms with E-state index in [-0.39, 0.29) is 0 Å². The van der Waals surface area contributed by atoms with Gasteiger partial charge in [-0.05, 0) is 12.8 Å². The summed E-state index contributed by atoms with van der Waals surface area (Å²) in [5.74, 6) is 0. The summed E-state index contributed by atoms with van der Waals surface area (Å²) in [4.78, 5) is 0. The third kappa shape index (κ3) is 1.99. The van der Waals surface area contributed by atoms with E-state index in [2.05, 4.69) is 24.3 Å². The zero-order chi connectivity index (χ0) is 16.1. The van der Waals surface area contributed by atoms with Gasteiger partial charge in [0.25, 0.3) is 0 Å². The third-order valence-electron chi connectivity index (χ3n) is 5.81. The summed E-state index contributed by atoms with van der Waals surface area (Å²) < 4.78 is 0. The normalized spacial score (nSPS) is 26.0. The minimum absolute atomic E-state index is 0.648. The van der Waals surface area contributed by atoms with Gasteiger partial charge in [-0.3, -0.25) is 0 Å². The summed E-state index contributed by atoms with van der Waals surface area (Å²) in [7, 11) is 0. The fourth-order valence-corrected chi connectivity index (χ4v) is 4.47. The van der Waals surface area contributed by atoms with Crippen LogP contribution in [0.3, 0.4) is 0 Å². The van der Waals surface area contributed by atoms with Crippen molar-refractivity contribution in [1.82, 2.24) is 0 Å². The third-order valence-corrected chi connectivity index (χ3v) is 5.81. The fraction of sp³-hybridized carbons (Fsp3) is 0.778. The Labute approximate surface area is 133 Å². The molecular weight excluding hydrogens is 272 g/mol. The van der Waals surface area contributed by atoms with Crippen molar-refractivity contribution in [3.05, 3.63) is 0 Å². The maximum absolute atomic E-state index is 9.59. The van der Waals surface area contributed by atoms with Crippen LogP contribution >= 0.6 is 0 Å². The second kappa shape index (κ2) is 6.38. The van der Waals surface area contributed by atoms with Crippen LogP contribution in [0, 0.1) is 61.6 Å². The molecule has 1 spiro atoms. The lowest BCUT2D eigenvalue weighted by Gasteiger charge is -2.18. The number of rotatable bonds is 0. The van der Waals surface area contributed by atoms with Gasteiger partial charge >= 0.3 is 0 Å². The van der Waals surface area contributed by atoms with Crippen LogP contribution < -0.4 is 0 Å². The molecule has 0 amide bonds. The number of nitrogens with zero attached hydrogens (tertiary/aromatic N) is 4. The molecule has 0 heterocycles. The fourth-order valence-electron chi connectivity index (χ4n) is 4.47. The molecule has 0 bridgehead atoms. The van der Waals surface area contributed by atoms with Crippen LogP contribution in [0.15, 0.2) is 0 Å². The van der Waals surface area contributed by atoms with E-state index in [1.807, 2.05) is 0 Å². The van der Waals surface area contributed by atoms with E-state index in [1.165, 1.54) is 19.3 Å². The number of hydrogen-bond acceptors (Lipinski definition) is 4. The first-order valence-corrected chi connectivity index (χ1v) is 8.35. The van der Waals surface area contributed by atoms with Crippen LogP contribution in [0.2, 0.25) is 0 Å². The van der Waals surface area contributed by atoms with Crippen molar-refractivity contribution in [2.45, 2.75) is 70.6 Å². The van der Waals surface area contributed by atoms with Gasteiger partial charge in [0.1, 0.15) is 0 Å². The smallest absolute Gasteiger partial charge is 0.184 e. The molecule has 4 heteroatoms. The average Bonchev–Trinajstić information content (AvgIpc) is 3.06. The van der Waals surface area contributed by atoms with E-state index in [0.29, 0.717) is 12.8 Å². The number of hydrogen-bond donors (Lipinski definition) is 0. The van der Waals surface area contributed by atoms with Crippen molar-refractivity contribution < 1.29 is 0 Å². The van der Waals surface area contributed by atoms with Crippen molar-refractivity contribution in [1.29, 1.82) is 21.0 Å². The molecule has 0 aliphatic heterocycles. The van der Waals surface area contributed by atoms with Gasteiger partial charge in [-0.25, -0.2) is 0 Å². The summed E-state index contributed by atoms with van der Waals surface area (Å²) in [6.07, 6.45) is 11.3. The molecule has 0 aromatic carbocycles. The summed E-state index contributed by atoms with van der Waals surface area (Å²) in [5.41, 5.74) is -3.62. The van der Waals surface area contributed by atoms with Crippen molar-refractivity contribution in [3.8, 4) is 24.3 Å². The molecule has 22 heavy (non-hydrogen) atoms. The molecular formula is C18H22N4. The minimum Gasteiger partial charge on any atom is -0.196 e. The first-order chi connectivity index (χ1) is 10.7. The molecule has 0 aromatic heterocycles. The van der Waals surface area contributed by atoms with Gasteiger partial charge in [-0.15, -0.1) is 0 Å². The second-order valence-corrected chi connectivity index (χ2v) is 6.71. The summed E-state index contributed by atoms with van der Waals surface area (Å²) in [6.45, 7) is 0. The van der Waals surface area contributed by atoms with Gasteiger partial charge in [-0.1, -0.05) is 57.8 Å². The van der Waals surface area contributed by atoms with Crippen molar-refractivity contribution in [3.63, 3.8) is 0 Å². The second-order valence-electron chi connectivity index (χ2n) is 6.71. The first-order valence-electron chi connectivity index (χ1n) is 8.35. The lowest BCUT2D eigenvalue weighted by atomic mass is 9.82. The molecule has 0 radical (unpaired) electrons. The molecule has 0 saturated heterocycles. The van der Waals surface area contributed by atoms with Crippen LogP contribution in [0.5, 0.6) is 0 Å². The molecule has 2 rings (SSSR count). The lowest BCUT2D eigenvalue weighted by molar-refractivity contribution is 0.321. The van der Waals surface area contributed by atoms with Crippen LogP contribution in [0.4, 0.5) is 0 Å². The van der Waals surface area contributed by atoms with E-state index in [4.69, 9.17) is 0 Å². The highest BCUT2D eigenvalue weighted by Crippen LogP contribution is 2.81. The van der Waals surface area contributed by atoms with Gasteiger partial charge in [0.2, 0.25) is 0 Å². The Bertz CT molecular complexity index is 498. The molecule has 114 valence electrons. The summed E-state index contributed by atoms with van der Waals surface area (Å²) >= 11 is 0. The lowest BCUT2D eigenvalue weighted by Crippen LogP contribution is -2.13. The Morgan fingerprint density at radius 1 is 0.455 bits per heavy atom. The highest BCUT2D eigenvalue weighted by atomic mass is 14.8. The topological polar surface area (TPSA) is 95.2 Å². The van der Waals surface area contributed by atoms with E-state index < -0.39 is 16.2 Å². The van der Waals surface area contributed by atoms with Crippen LogP contribution in [0.25, 0.3) is 0 Å². The molecule has 2 aliphatic carbocycles. The van der Waals surface area contributed by atoms with E-state index >= 15 is 0 Å². The van der Waals surface area contributed by atoms with Crippen LogP contribution in [-0.2, 0) is 0 Å². The van der Waals surface area contributed by atoms with Gasteiger partial charge in [0.05, 0.1) is 24.3 Å². The predicted molar refractivity (Wildman–Crippen MR) is 80.5 cm³/mol. The van der Waals surface area contributed by atoms with E-state index in [9.17, 15) is 21.0 Å². The Kier molecular flexibility index (Phi) is 4.74. The summed E-state index contributed by atoms with van der Waals surface area (Å²) in [6, 6.07) is 8.25. The molecule has 2 aliphatic rings. The SMILES string of the molecule is N#CC1(C#N)C(C#N)(C#N)C12CCCCCCCCCCC2. The van der Waals surface area contributed by atoms with Crippen LogP contribution in [-0.4, -0.2) is 0 Å². The number of nitriles is 4. The Hall–Kier alpha value is -2.04. The van der Waals surface area contributed by atoms with Gasteiger partial charge < -0.3 is 0 Å². The average molecular weight is 294 g/mol. The van der Waals surface area contributed by atoms with Gasteiger partial charge in [-0.2, -0.15) is 21.0 Å². The van der Waals surface area contributed by atoms with Crippen molar-refractivity contribution in [2.75, 3.05) is 0 Å². The molecule has 2 saturated carbocycles. The minimum atomic E-state index is -1.44. The maximum Gasteiger partial charge on any atom is 0.184 e. The molecule has 4 nitrogen and oxygen atoms in total.